The number of amides is 2. The second kappa shape index (κ2) is 3.03. The molecule has 2 amide bonds. The van der Waals surface area contributed by atoms with Crippen molar-refractivity contribution in [1.29, 1.82) is 0 Å². The topological polar surface area (TPSA) is 46.6 Å². The Morgan fingerprint density at radius 1 is 1.70 bits per heavy atom. The van der Waals surface area contributed by atoms with E-state index in [0.29, 0.717) is 6.61 Å². The molecule has 0 unspecified atom stereocenters. The number of hydrogen-bond acceptors (Lipinski definition) is 4. The van der Waals surface area contributed by atoms with Crippen LogP contribution in [0.2, 0.25) is 0 Å². The molecule has 56 valence electrons. The normalized spacial score (nSPS) is 18.7. The average Bonchev–Trinajstić information content (AvgIpc) is 2.20. The second-order valence-corrected chi connectivity index (χ2v) is 2.59. The number of thioether (sulfide) groups is 1. The highest BCUT2D eigenvalue weighted by molar-refractivity contribution is 8.14. The van der Waals surface area contributed by atoms with E-state index in [1.54, 1.807) is 6.92 Å². The minimum Gasteiger partial charge on any atom is -0.271 e. The van der Waals surface area contributed by atoms with Crippen LogP contribution in [0, 0.1) is 0 Å². The van der Waals surface area contributed by atoms with E-state index in [0.717, 1.165) is 16.8 Å². The summed E-state index contributed by atoms with van der Waals surface area (Å²) in [6.45, 7) is 2.07. The van der Waals surface area contributed by atoms with Crippen LogP contribution in [0.4, 0.5) is 4.79 Å². The van der Waals surface area contributed by atoms with Gasteiger partial charge in [0.25, 0.3) is 5.91 Å². The van der Waals surface area contributed by atoms with Gasteiger partial charge in [-0.05, 0) is 6.92 Å². The van der Waals surface area contributed by atoms with Crippen molar-refractivity contribution in [2.45, 2.75) is 6.92 Å². The van der Waals surface area contributed by atoms with E-state index in [1.807, 2.05) is 0 Å². The molecule has 0 aliphatic carbocycles. The third kappa shape index (κ3) is 1.30. The fourth-order valence-electron chi connectivity index (χ4n) is 0.596. The van der Waals surface area contributed by atoms with Gasteiger partial charge in [0.05, 0.1) is 12.4 Å². The van der Waals surface area contributed by atoms with E-state index in [9.17, 15) is 9.59 Å². The molecule has 1 saturated heterocycles. The summed E-state index contributed by atoms with van der Waals surface area (Å²) in [5.74, 6) is -0.0596. The van der Waals surface area contributed by atoms with Gasteiger partial charge >= 0.3 is 5.24 Å². The molecule has 1 fully saturated rings. The number of imide groups is 1. The van der Waals surface area contributed by atoms with Crippen LogP contribution in [-0.2, 0) is 9.63 Å². The van der Waals surface area contributed by atoms with Crippen LogP contribution in [0.25, 0.3) is 0 Å². The molecule has 0 N–H and O–H groups in total. The van der Waals surface area contributed by atoms with E-state index in [1.165, 1.54) is 0 Å². The fourth-order valence-corrected chi connectivity index (χ4v) is 1.23. The highest BCUT2D eigenvalue weighted by atomic mass is 32.2. The van der Waals surface area contributed by atoms with E-state index >= 15 is 0 Å². The van der Waals surface area contributed by atoms with Crippen molar-refractivity contribution < 1.29 is 14.4 Å². The van der Waals surface area contributed by atoms with Crippen LogP contribution in [0.3, 0.4) is 0 Å². The number of rotatable bonds is 2. The SMILES string of the molecule is CCON1C(=O)CSC1=O. The molecule has 0 aromatic rings. The summed E-state index contributed by atoms with van der Waals surface area (Å²) < 4.78 is 0. The van der Waals surface area contributed by atoms with Crippen molar-refractivity contribution in [1.82, 2.24) is 5.06 Å². The summed E-state index contributed by atoms with van der Waals surface area (Å²) in [5, 5.41) is 0.497. The first-order valence-electron chi connectivity index (χ1n) is 2.88. The third-order valence-corrected chi connectivity index (χ3v) is 1.77. The Bertz CT molecular complexity index is 154. The molecule has 5 heteroatoms. The van der Waals surface area contributed by atoms with Crippen LogP contribution >= 0.6 is 11.8 Å². The number of carbonyl (C=O) groups is 2. The zero-order chi connectivity index (χ0) is 7.56. The lowest BCUT2D eigenvalue weighted by Gasteiger charge is -2.08. The molecule has 0 saturated carbocycles. The van der Waals surface area contributed by atoms with Crippen LogP contribution in [-0.4, -0.2) is 28.6 Å². The van der Waals surface area contributed by atoms with Gasteiger partial charge in [0.15, 0.2) is 0 Å². The minimum atomic E-state index is -0.313. The number of hydrogen-bond donors (Lipinski definition) is 0. The molecule has 1 aliphatic heterocycles. The summed E-state index contributed by atoms with van der Waals surface area (Å²) in [6, 6.07) is 0. The van der Waals surface area contributed by atoms with Gasteiger partial charge in [-0.3, -0.25) is 14.4 Å². The lowest BCUT2D eigenvalue weighted by atomic mass is 10.7. The van der Waals surface area contributed by atoms with Crippen LogP contribution in [0.15, 0.2) is 0 Å². The van der Waals surface area contributed by atoms with Gasteiger partial charge in [0, 0.05) is 0 Å². The van der Waals surface area contributed by atoms with E-state index in [-0.39, 0.29) is 16.9 Å². The van der Waals surface area contributed by atoms with Crippen molar-refractivity contribution in [2.24, 2.45) is 0 Å². The standard InChI is InChI=1S/C5H7NO3S/c1-2-9-6-4(7)3-10-5(6)8/h2-3H2,1H3. The molecular formula is C5H7NO3S. The Morgan fingerprint density at radius 3 is 2.80 bits per heavy atom. The van der Waals surface area contributed by atoms with Crippen molar-refractivity contribution in [3.8, 4) is 0 Å². The summed E-state index contributed by atoms with van der Waals surface area (Å²) in [5.41, 5.74) is 0. The molecule has 4 nitrogen and oxygen atoms in total. The highest BCUT2D eigenvalue weighted by Crippen LogP contribution is 2.18. The molecule has 0 aromatic heterocycles. The quantitative estimate of drug-likeness (QED) is 0.596. The van der Waals surface area contributed by atoms with Gasteiger partial charge in [-0.1, -0.05) is 11.8 Å². The van der Waals surface area contributed by atoms with Crippen molar-refractivity contribution in [3.05, 3.63) is 0 Å². The third-order valence-electron chi connectivity index (χ3n) is 0.970. The maximum absolute atomic E-state index is 10.7. The first kappa shape index (κ1) is 7.56. The zero-order valence-electron chi connectivity index (χ0n) is 5.49. The largest absolute Gasteiger partial charge is 0.313 e. The van der Waals surface area contributed by atoms with Gasteiger partial charge in [0.2, 0.25) is 0 Å². The summed E-state index contributed by atoms with van der Waals surface area (Å²) in [4.78, 5) is 26.2. The maximum atomic E-state index is 10.7. The van der Waals surface area contributed by atoms with Gasteiger partial charge in [-0.2, -0.15) is 0 Å². The predicted octanol–water partition coefficient (Wildman–Crippen LogP) is 0.633. The molecule has 1 rings (SSSR count). The van der Waals surface area contributed by atoms with Gasteiger partial charge in [-0.25, -0.2) is 0 Å². The lowest BCUT2D eigenvalue weighted by Crippen LogP contribution is -2.28. The smallest absolute Gasteiger partial charge is 0.271 e. The van der Waals surface area contributed by atoms with Gasteiger partial charge in [0.1, 0.15) is 0 Å². The number of hydroxylamine groups is 2. The number of nitrogens with zero attached hydrogens (tertiary/aromatic N) is 1. The predicted molar refractivity (Wildman–Crippen MR) is 36.3 cm³/mol. The molecule has 0 spiro atoms. The van der Waals surface area contributed by atoms with Crippen LogP contribution in [0.5, 0.6) is 0 Å². The van der Waals surface area contributed by atoms with Crippen LogP contribution < -0.4 is 0 Å². The van der Waals surface area contributed by atoms with Gasteiger partial charge in [-0.15, -0.1) is 5.06 Å². The lowest BCUT2D eigenvalue weighted by molar-refractivity contribution is -0.160. The van der Waals surface area contributed by atoms with E-state index < -0.39 is 0 Å². The summed E-state index contributed by atoms with van der Waals surface area (Å²) in [7, 11) is 0. The summed E-state index contributed by atoms with van der Waals surface area (Å²) >= 11 is 0.966. The first-order chi connectivity index (χ1) is 4.75. The number of carbonyl (C=O) groups excluding carboxylic acids is 2. The molecule has 1 heterocycles. The summed E-state index contributed by atoms with van der Waals surface area (Å²) in [6.07, 6.45) is 0. The first-order valence-corrected chi connectivity index (χ1v) is 3.87. The highest BCUT2D eigenvalue weighted by Gasteiger charge is 2.30. The van der Waals surface area contributed by atoms with E-state index in [4.69, 9.17) is 4.84 Å². The second-order valence-electron chi connectivity index (χ2n) is 1.66. The average molecular weight is 161 g/mol. The molecule has 10 heavy (non-hydrogen) atoms. The monoisotopic (exact) mass is 161 g/mol. The Kier molecular flexibility index (Phi) is 2.29. The fraction of sp³-hybridized carbons (Fsp3) is 0.600. The van der Waals surface area contributed by atoms with Gasteiger partial charge < -0.3 is 0 Å². The molecule has 0 atom stereocenters. The molecule has 0 bridgehead atoms. The van der Waals surface area contributed by atoms with Crippen molar-refractivity contribution in [2.75, 3.05) is 12.4 Å². The molecule has 1 aliphatic rings. The minimum absolute atomic E-state index is 0.207. The Balaban J connectivity index is 2.54. The molecular weight excluding hydrogens is 154 g/mol. The zero-order valence-corrected chi connectivity index (χ0v) is 6.31. The Morgan fingerprint density at radius 2 is 2.40 bits per heavy atom. The van der Waals surface area contributed by atoms with Crippen molar-refractivity contribution in [3.63, 3.8) is 0 Å². The Hall–Kier alpha value is -0.550. The molecule has 0 radical (unpaired) electrons. The maximum Gasteiger partial charge on any atom is 0.313 e. The Labute approximate surface area is 62.5 Å². The molecule has 0 aromatic carbocycles. The van der Waals surface area contributed by atoms with Crippen molar-refractivity contribution >= 4 is 22.9 Å². The van der Waals surface area contributed by atoms with E-state index in [2.05, 4.69) is 0 Å². The van der Waals surface area contributed by atoms with Crippen LogP contribution in [0.1, 0.15) is 6.92 Å².